The van der Waals surface area contributed by atoms with Gasteiger partial charge in [0.2, 0.25) is 5.91 Å². The Morgan fingerprint density at radius 3 is 2.41 bits per heavy atom. The second kappa shape index (κ2) is 11.1. The van der Waals surface area contributed by atoms with Gasteiger partial charge in [-0.3, -0.25) is 4.79 Å². The topological polar surface area (TPSA) is 79.3 Å². The van der Waals surface area contributed by atoms with Crippen LogP contribution in [0.25, 0.3) is 16.9 Å². The molecule has 0 fully saturated rings. The second-order valence-corrected chi connectivity index (χ2v) is 7.69. The Balaban J connectivity index is 1.86. The first-order valence-corrected chi connectivity index (χ1v) is 11.1. The van der Waals surface area contributed by atoms with Crippen LogP contribution in [-0.4, -0.2) is 46.3 Å². The van der Waals surface area contributed by atoms with Crippen molar-refractivity contribution in [3.05, 3.63) is 66.2 Å². The number of urea groups is 1. The number of unbranched alkanes of at least 4 members (excludes halogenated alkanes) is 1. The second-order valence-electron chi connectivity index (χ2n) is 7.69. The van der Waals surface area contributed by atoms with Gasteiger partial charge in [0, 0.05) is 24.7 Å². The molecular weight excluding hydrogens is 402 g/mol. The molecule has 0 unspecified atom stereocenters. The number of amides is 3. The summed E-state index contributed by atoms with van der Waals surface area (Å²) in [5.41, 5.74) is 3.71. The molecule has 2 N–H and O–H groups in total. The van der Waals surface area contributed by atoms with Crippen LogP contribution in [0.1, 0.15) is 32.3 Å². The molecule has 0 aliphatic heterocycles. The molecule has 0 aliphatic rings. The summed E-state index contributed by atoms with van der Waals surface area (Å²) in [6.07, 6.45) is 1.78. The minimum Gasteiger partial charge on any atom is -0.338 e. The van der Waals surface area contributed by atoms with Gasteiger partial charge in [-0.25, -0.2) is 9.48 Å². The smallest absolute Gasteiger partial charge is 0.317 e. The number of anilines is 1. The number of aryl methyl sites for hydroxylation is 1. The number of aromatic nitrogens is 2. The molecule has 32 heavy (non-hydrogen) atoms. The van der Waals surface area contributed by atoms with Gasteiger partial charge in [0.15, 0.2) is 0 Å². The van der Waals surface area contributed by atoms with E-state index in [4.69, 9.17) is 5.10 Å². The van der Waals surface area contributed by atoms with Gasteiger partial charge in [-0.2, -0.15) is 5.10 Å². The highest BCUT2D eigenvalue weighted by Gasteiger charge is 2.19. The molecule has 0 saturated carbocycles. The Morgan fingerprint density at radius 1 is 1.03 bits per heavy atom. The maximum Gasteiger partial charge on any atom is 0.317 e. The van der Waals surface area contributed by atoms with Crippen LogP contribution in [0.4, 0.5) is 10.6 Å². The molecule has 7 heteroatoms. The van der Waals surface area contributed by atoms with E-state index in [2.05, 4.69) is 17.6 Å². The molecule has 3 aromatic rings. The Labute approximate surface area is 189 Å². The molecule has 1 aromatic heterocycles. The van der Waals surface area contributed by atoms with Crippen molar-refractivity contribution < 1.29 is 9.59 Å². The monoisotopic (exact) mass is 433 g/mol. The first kappa shape index (κ1) is 23.1. The van der Waals surface area contributed by atoms with Crippen molar-refractivity contribution in [1.29, 1.82) is 0 Å². The third-order valence-electron chi connectivity index (χ3n) is 5.06. The van der Waals surface area contributed by atoms with Gasteiger partial charge in [0.1, 0.15) is 12.4 Å². The molecule has 7 nitrogen and oxygen atoms in total. The van der Waals surface area contributed by atoms with Crippen LogP contribution in [-0.2, 0) is 4.79 Å². The minimum atomic E-state index is -0.264. The highest BCUT2D eigenvalue weighted by Crippen LogP contribution is 2.25. The fourth-order valence-electron chi connectivity index (χ4n) is 3.32. The molecule has 0 spiro atoms. The lowest BCUT2D eigenvalue weighted by atomic mass is 10.1. The van der Waals surface area contributed by atoms with E-state index < -0.39 is 0 Å². The maximum atomic E-state index is 12.9. The Kier molecular flexibility index (Phi) is 8.02. The fraction of sp³-hybridized carbons (Fsp3) is 0.320. The van der Waals surface area contributed by atoms with Crippen molar-refractivity contribution in [3.8, 4) is 16.9 Å². The third kappa shape index (κ3) is 5.97. The van der Waals surface area contributed by atoms with Crippen molar-refractivity contribution in [2.24, 2.45) is 0 Å². The number of carbonyl (C=O) groups excluding carboxylic acids is 2. The molecule has 0 saturated heterocycles. The number of rotatable bonds is 9. The third-order valence-corrected chi connectivity index (χ3v) is 5.06. The van der Waals surface area contributed by atoms with Crippen molar-refractivity contribution >= 4 is 17.8 Å². The summed E-state index contributed by atoms with van der Waals surface area (Å²) in [5.74, 6) is 0.296. The molecule has 1 heterocycles. The van der Waals surface area contributed by atoms with Crippen molar-refractivity contribution in [2.75, 3.05) is 25.0 Å². The van der Waals surface area contributed by atoms with E-state index in [9.17, 15) is 9.59 Å². The van der Waals surface area contributed by atoms with Crippen LogP contribution >= 0.6 is 0 Å². The van der Waals surface area contributed by atoms with Crippen molar-refractivity contribution in [2.45, 2.75) is 33.6 Å². The Morgan fingerprint density at radius 2 is 1.75 bits per heavy atom. The summed E-state index contributed by atoms with van der Waals surface area (Å²) < 4.78 is 1.72. The van der Waals surface area contributed by atoms with Gasteiger partial charge in [0.05, 0.1) is 11.4 Å². The van der Waals surface area contributed by atoms with Crippen LogP contribution in [0.3, 0.4) is 0 Å². The lowest BCUT2D eigenvalue weighted by molar-refractivity contribution is -0.116. The summed E-state index contributed by atoms with van der Waals surface area (Å²) in [4.78, 5) is 26.8. The summed E-state index contributed by atoms with van der Waals surface area (Å²) in [6, 6.07) is 19.4. The predicted molar refractivity (Wildman–Crippen MR) is 128 cm³/mol. The number of nitrogens with one attached hydrogen (secondary N) is 2. The summed E-state index contributed by atoms with van der Waals surface area (Å²) in [6.45, 7) is 6.97. The lowest BCUT2D eigenvalue weighted by Gasteiger charge is -2.22. The van der Waals surface area contributed by atoms with Gasteiger partial charge in [-0.1, -0.05) is 61.4 Å². The summed E-state index contributed by atoms with van der Waals surface area (Å²) >= 11 is 0. The van der Waals surface area contributed by atoms with Crippen LogP contribution in [0.2, 0.25) is 0 Å². The van der Waals surface area contributed by atoms with E-state index in [0.29, 0.717) is 18.9 Å². The Bertz CT molecular complexity index is 1030. The standard InChI is InChI=1S/C25H31N5O2/c1-4-6-16-29(25(32)26-5-2)18-24(31)27-23-17-22(20-10-8-7-9-11-20)28-30(23)21-14-12-19(3)13-15-21/h7-15,17H,4-6,16,18H2,1-3H3,(H,26,32)(H,27,31). The number of benzene rings is 2. The molecule has 0 bridgehead atoms. The molecule has 3 rings (SSSR count). The molecule has 0 radical (unpaired) electrons. The van der Waals surface area contributed by atoms with Crippen LogP contribution in [0, 0.1) is 6.92 Å². The molecule has 3 amide bonds. The average molecular weight is 434 g/mol. The summed E-state index contributed by atoms with van der Waals surface area (Å²) in [5, 5.41) is 10.5. The Hall–Kier alpha value is -3.61. The molecule has 0 aliphatic carbocycles. The quantitative estimate of drug-likeness (QED) is 0.517. The zero-order chi connectivity index (χ0) is 22.9. The SMILES string of the molecule is CCCCN(CC(=O)Nc1cc(-c2ccccc2)nn1-c1ccc(C)cc1)C(=O)NCC. The molecule has 168 valence electrons. The number of nitrogens with zero attached hydrogens (tertiary/aromatic N) is 3. The molecular formula is C25H31N5O2. The van der Waals surface area contributed by atoms with Crippen molar-refractivity contribution in [3.63, 3.8) is 0 Å². The lowest BCUT2D eigenvalue weighted by Crippen LogP contribution is -2.44. The number of hydrogen-bond acceptors (Lipinski definition) is 3. The first-order chi connectivity index (χ1) is 15.5. The van der Waals surface area contributed by atoms with Crippen molar-refractivity contribution in [1.82, 2.24) is 20.0 Å². The predicted octanol–water partition coefficient (Wildman–Crippen LogP) is 4.62. The first-order valence-electron chi connectivity index (χ1n) is 11.1. The number of hydrogen-bond donors (Lipinski definition) is 2. The maximum absolute atomic E-state index is 12.9. The van der Waals surface area contributed by atoms with E-state index in [-0.39, 0.29) is 18.5 Å². The van der Waals surface area contributed by atoms with E-state index in [0.717, 1.165) is 35.3 Å². The number of carbonyl (C=O) groups is 2. The van der Waals surface area contributed by atoms with Gasteiger partial charge in [0.25, 0.3) is 0 Å². The zero-order valence-electron chi connectivity index (χ0n) is 19.0. The van der Waals surface area contributed by atoms with E-state index in [1.807, 2.05) is 74.5 Å². The van der Waals surface area contributed by atoms with Gasteiger partial charge in [-0.15, -0.1) is 0 Å². The van der Waals surface area contributed by atoms with E-state index in [1.165, 1.54) is 0 Å². The minimum absolute atomic E-state index is 0.0222. The fourth-order valence-corrected chi connectivity index (χ4v) is 3.32. The highest BCUT2D eigenvalue weighted by molar-refractivity contribution is 5.94. The van der Waals surface area contributed by atoms with E-state index >= 15 is 0 Å². The van der Waals surface area contributed by atoms with Crippen LogP contribution in [0.5, 0.6) is 0 Å². The molecule has 2 aromatic carbocycles. The summed E-state index contributed by atoms with van der Waals surface area (Å²) in [7, 11) is 0. The normalized spacial score (nSPS) is 10.6. The van der Waals surface area contributed by atoms with Gasteiger partial charge >= 0.3 is 6.03 Å². The van der Waals surface area contributed by atoms with Crippen LogP contribution in [0.15, 0.2) is 60.7 Å². The highest BCUT2D eigenvalue weighted by atomic mass is 16.2. The van der Waals surface area contributed by atoms with Gasteiger partial charge < -0.3 is 15.5 Å². The average Bonchev–Trinajstić information content (AvgIpc) is 3.21. The van der Waals surface area contributed by atoms with Crippen LogP contribution < -0.4 is 10.6 Å². The molecule has 0 atom stereocenters. The van der Waals surface area contributed by atoms with Gasteiger partial charge in [-0.05, 0) is 32.4 Å². The van der Waals surface area contributed by atoms with E-state index in [1.54, 1.807) is 9.58 Å². The largest absolute Gasteiger partial charge is 0.338 e. The zero-order valence-corrected chi connectivity index (χ0v) is 19.0.